The maximum atomic E-state index is 13.4. The first-order valence-electron chi connectivity index (χ1n) is 8.81. The van der Waals surface area contributed by atoms with E-state index in [2.05, 4.69) is 9.71 Å². The molecule has 0 unspecified atom stereocenters. The van der Waals surface area contributed by atoms with Crippen molar-refractivity contribution in [2.75, 3.05) is 4.72 Å². The van der Waals surface area contributed by atoms with Crippen LogP contribution in [0.2, 0.25) is 0 Å². The van der Waals surface area contributed by atoms with Crippen LogP contribution in [0.25, 0.3) is 22.2 Å². The van der Waals surface area contributed by atoms with E-state index in [-0.39, 0.29) is 10.7 Å². The third kappa shape index (κ3) is 3.51. The first kappa shape index (κ1) is 18.3. The van der Waals surface area contributed by atoms with Crippen molar-refractivity contribution in [3.05, 3.63) is 83.7 Å². The normalized spacial score (nSPS) is 11.7. The van der Waals surface area contributed by atoms with Gasteiger partial charge in [-0.15, -0.1) is 0 Å². The van der Waals surface area contributed by atoms with E-state index in [1.165, 1.54) is 12.1 Å². The van der Waals surface area contributed by atoms with E-state index in [9.17, 15) is 12.8 Å². The molecule has 142 valence electrons. The summed E-state index contributed by atoms with van der Waals surface area (Å²) in [4.78, 5) is 3.51. The van der Waals surface area contributed by atoms with E-state index < -0.39 is 10.0 Å². The molecule has 2 N–H and O–H groups in total. The van der Waals surface area contributed by atoms with Crippen molar-refractivity contribution < 1.29 is 12.8 Å². The number of sulfonamides is 1. The average Bonchev–Trinajstić information content (AvgIpc) is 3.07. The molecule has 4 rings (SSSR count). The maximum Gasteiger partial charge on any atom is 0.262 e. The maximum absolute atomic E-state index is 13.4. The van der Waals surface area contributed by atoms with Crippen molar-refractivity contribution in [3.63, 3.8) is 0 Å². The average molecular weight is 394 g/mol. The van der Waals surface area contributed by atoms with Gasteiger partial charge in [0.15, 0.2) is 0 Å². The summed E-state index contributed by atoms with van der Waals surface area (Å²) >= 11 is 0. The number of rotatable bonds is 4. The zero-order chi connectivity index (χ0) is 19.9. The fourth-order valence-electron chi connectivity index (χ4n) is 3.18. The number of hydrogen-bond acceptors (Lipinski definition) is 2. The lowest BCUT2D eigenvalue weighted by Crippen LogP contribution is -2.14. The molecule has 0 bridgehead atoms. The topological polar surface area (TPSA) is 62.0 Å². The summed E-state index contributed by atoms with van der Waals surface area (Å²) in [5.41, 5.74) is 4.62. The molecule has 0 saturated carbocycles. The van der Waals surface area contributed by atoms with Gasteiger partial charge >= 0.3 is 0 Å². The van der Waals surface area contributed by atoms with E-state index in [1.54, 1.807) is 37.3 Å². The summed E-state index contributed by atoms with van der Waals surface area (Å²) in [6.07, 6.45) is 0. The van der Waals surface area contributed by atoms with Gasteiger partial charge in [0.25, 0.3) is 10.0 Å². The molecule has 4 nitrogen and oxygen atoms in total. The van der Waals surface area contributed by atoms with Crippen molar-refractivity contribution in [1.82, 2.24) is 4.98 Å². The number of fused-ring (bicyclic) bond motifs is 1. The zero-order valence-electron chi connectivity index (χ0n) is 15.5. The molecule has 0 aliphatic carbocycles. The second kappa shape index (κ2) is 6.80. The van der Waals surface area contributed by atoms with E-state index in [1.807, 2.05) is 31.2 Å². The molecule has 28 heavy (non-hydrogen) atoms. The molecule has 1 aromatic heterocycles. The Kier molecular flexibility index (Phi) is 4.43. The number of nitrogens with one attached hydrogen (secondary N) is 2. The Balaban J connectivity index is 1.61. The molecule has 0 amide bonds. The molecule has 0 radical (unpaired) electrons. The highest BCUT2D eigenvalue weighted by molar-refractivity contribution is 7.92. The van der Waals surface area contributed by atoms with Gasteiger partial charge in [-0.2, -0.15) is 0 Å². The van der Waals surface area contributed by atoms with E-state index in [0.29, 0.717) is 11.3 Å². The largest absolute Gasteiger partial charge is 0.355 e. The molecule has 1 heterocycles. The van der Waals surface area contributed by atoms with Gasteiger partial charge in [0.2, 0.25) is 0 Å². The fraction of sp³-hybridized carbons (Fsp3) is 0.0909. The van der Waals surface area contributed by atoms with E-state index in [0.717, 1.165) is 27.7 Å². The molecule has 0 aliphatic heterocycles. The summed E-state index contributed by atoms with van der Waals surface area (Å²) < 4.78 is 41.5. The Morgan fingerprint density at radius 3 is 2.39 bits per heavy atom. The second-order valence-corrected chi connectivity index (χ2v) is 8.52. The van der Waals surface area contributed by atoms with Gasteiger partial charge in [-0.1, -0.05) is 24.3 Å². The van der Waals surface area contributed by atoms with Crippen LogP contribution in [0.15, 0.2) is 71.6 Å². The monoisotopic (exact) mass is 394 g/mol. The van der Waals surface area contributed by atoms with Crippen LogP contribution in [-0.4, -0.2) is 13.4 Å². The predicted molar refractivity (Wildman–Crippen MR) is 110 cm³/mol. The quantitative estimate of drug-likeness (QED) is 0.487. The van der Waals surface area contributed by atoms with Crippen LogP contribution < -0.4 is 4.72 Å². The van der Waals surface area contributed by atoms with Crippen LogP contribution in [0.1, 0.15) is 11.1 Å². The Labute approximate surface area is 163 Å². The number of halogens is 1. The molecular formula is C22H19FN2O2S. The van der Waals surface area contributed by atoms with Crippen molar-refractivity contribution in [1.29, 1.82) is 0 Å². The Hall–Kier alpha value is -3.12. The SMILES string of the molecule is Cc1ccc(C)c(S(=O)(=O)Nc2ccc(-c3cc4cc(F)ccc4[nH]3)cc2)c1. The minimum atomic E-state index is -3.67. The number of hydrogen-bond donors (Lipinski definition) is 2. The highest BCUT2D eigenvalue weighted by Gasteiger charge is 2.17. The standard InChI is InChI=1S/C22H19FN2O2S/c1-14-3-4-15(2)22(11-14)28(26,27)25-19-8-5-16(6-9-19)21-13-17-12-18(23)7-10-20(17)24-21/h3-13,24-25H,1-2H3. The summed E-state index contributed by atoms with van der Waals surface area (Å²) in [7, 11) is -3.67. The van der Waals surface area contributed by atoms with Crippen LogP contribution in [0.3, 0.4) is 0 Å². The molecule has 6 heteroatoms. The van der Waals surface area contributed by atoms with Gasteiger partial charge in [-0.3, -0.25) is 4.72 Å². The lowest BCUT2D eigenvalue weighted by atomic mass is 10.1. The zero-order valence-corrected chi connectivity index (χ0v) is 16.3. The van der Waals surface area contributed by atoms with Gasteiger partial charge in [0, 0.05) is 22.3 Å². The van der Waals surface area contributed by atoms with Crippen molar-refractivity contribution >= 4 is 26.6 Å². The lowest BCUT2D eigenvalue weighted by molar-refractivity contribution is 0.600. The minimum absolute atomic E-state index is 0.272. The molecule has 0 aliphatic rings. The number of aryl methyl sites for hydroxylation is 2. The molecule has 3 aromatic carbocycles. The number of H-pyrrole nitrogens is 1. The van der Waals surface area contributed by atoms with Crippen molar-refractivity contribution in [2.24, 2.45) is 0 Å². The third-order valence-corrected chi connectivity index (χ3v) is 6.19. The highest BCUT2D eigenvalue weighted by atomic mass is 32.2. The molecule has 4 aromatic rings. The molecule has 0 saturated heterocycles. The smallest absolute Gasteiger partial charge is 0.262 e. The Bertz CT molecular complexity index is 1280. The Morgan fingerprint density at radius 1 is 0.893 bits per heavy atom. The second-order valence-electron chi connectivity index (χ2n) is 6.87. The molecule has 0 fully saturated rings. The van der Waals surface area contributed by atoms with Crippen LogP contribution in [0, 0.1) is 19.7 Å². The van der Waals surface area contributed by atoms with Crippen molar-refractivity contribution in [2.45, 2.75) is 18.7 Å². The lowest BCUT2D eigenvalue weighted by Gasteiger charge is -2.11. The highest BCUT2D eigenvalue weighted by Crippen LogP contribution is 2.27. The Morgan fingerprint density at radius 2 is 1.64 bits per heavy atom. The van der Waals surface area contributed by atoms with Gasteiger partial charge in [0.1, 0.15) is 5.82 Å². The first-order chi connectivity index (χ1) is 13.3. The summed E-state index contributed by atoms with van der Waals surface area (Å²) in [5.74, 6) is -0.283. The number of benzene rings is 3. The molecule has 0 atom stereocenters. The van der Waals surface area contributed by atoms with E-state index >= 15 is 0 Å². The fourth-order valence-corrected chi connectivity index (χ4v) is 4.57. The minimum Gasteiger partial charge on any atom is -0.355 e. The van der Waals surface area contributed by atoms with Crippen LogP contribution in [0.5, 0.6) is 0 Å². The van der Waals surface area contributed by atoms with Crippen LogP contribution in [0.4, 0.5) is 10.1 Å². The number of anilines is 1. The van der Waals surface area contributed by atoms with E-state index in [4.69, 9.17) is 0 Å². The number of aromatic nitrogens is 1. The summed E-state index contributed by atoms with van der Waals surface area (Å²) in [6.45, 7) is 3.63. The summed E-state index contributed by atoms with van der Waals surface area (Å²) in [6, 6.07) is 18.9. The summed E-state index contributed by atoms with van der Waals surface area (Å²) in [5, 5.41) is 0.787. The molecular weight excluding hydrogens is 375 g/mol. The van der Waals surface area contributed by atoms with Gasteiger partial charge < -0.3 is 4.98 Å². The third-order valence-electron chi connectivity index (χ3n) is 4.66. The molecule has 0 spiro atoms. The predicted octanol–water partition coefficient (Wildman–Crippen LogP) is 5.39. The van der Waals surface area contributed by atoms with Gasteiger partial charge in [-0.05, 0) is 73.0 Å². The number of aromatic amines is 1. The van der Waals surface area contributed by atoms with Gasteiger partial charge in [0.05, 0.1) is 4.90 Å². The van der Waals surface area contributed by atoms with Crippen LogP contribution in [-0.2, 0) is 10.0 Å². The first-order valence-corrected chi connectivity index (χ1v) is 10.3. The van der Waals surface area contributed by atoms with Crippen LogP contribution >= 0.6 is 0 Å². The van der Waals surface area contributed by atoms with Crippen molar-refractivity contribution in [3.8, 4) is 11.3 Å². The van der Waals surface area contributed by atoms with Gasteiger partial charge in [-0.25, -0.2) is 12.8 Å².